The van der Waals surface area contributed by atoms with Crippen LogP contribution in [-0.4, -0.2) is 52.5 Å². The van der Waals surface area contributed by atoms with E-state index in [4.69, 9.17) is 10.5 Å². The molecule has 18 heavy (non-hydrogen) atoms. The molecule has 2 heterocycles. The van der Waals surface area contributed by atoms with Crippen LogP contribution in [0, 0.1) is 5.92 Å². The van der Waals surface area contributed by atoms with Gasteiger partial charge in [-0.05, 0) is 41.0 Å². The smallest absolute Gasteiger partial charge is 0.0788 e. The topological polar surface area (TPSA) is 58.7 Å². The van der Waals surface area contributed by atoms with E-state index in [-0.39, 0.29) is 17.2 Å². The van der Waals surface area contributed by atoms with Crippen molar-refractivity contribution >= 4 is 0 Å². The summed E-state index contributed by atoms with van der Waals surface area (Å²) in [5.41, 5.74) is 5.36. The van der Waals surface area contributed by atoms with E-state index in [2.05, 4.69) is 32.6 Å². The van der Waals surface area contributed by atoms with Crippen LogP contribution in [0.3, 0.4) is 0 Å². The third-order valence-corrected chi connectivity index (χ3v) is 4.64. The molecular weight excluding hydrogens is 228 g/mol. The molecule has 0 aromatic carbocycles. The fourth-order valence-corrected chi connectivity index (χ4v) is 3.54. The average Bonchev–Trinajstić information content (AvgIpc) is 2.57. The van der Waals surface area contributed by atoms with Crippen LogP contribution in [0.1, 0.15) is 41.0 Å². The lowest BCUT2D eigenvalue weighted by Gasteiger charge is -2.31. The van der Waals surface area contributed by atoms with Crippen LogP contribution in [0.5, 0.6) is 0 Å². The normalized spacial score (nSPS) is 43.5. The number of ether oxygens (including phenoxy) is 1. The molecule has 0 radical (unpaired) electrons. The Kier molecular flexibility index (Phi) is 3.30. The van der Waals surface area contributed by atoms with E-state index >= 15 is 0 Å². The molecule has 2 rings (SSSR count). The maximum atomic E-state index is 10.0. The molecular formula is C14H28N2O2. The monoisotopic (exact) mass is 256 g/mol. The van der Waals surface area contributed by atoms with Gasteiger partial charge in [0.25, 0.3) is 0 Å². The summed E-state index contributed by atoms with van der Waals surface area (Å²) in [5.74, 6) is 0.307. The Bertz CT molecular complexity index is 326. The molecule has 0 amide bonds. The Balaban J connectivity index is 2.05. The Morgan fingerprint density at radius 1 is 1.22 bits per heavy atom. The molecule has 3 N–H and O–H groups in total. The summed E-state index contributed by atoms with van der Waals surface area (Å²) in [5, 5.41) is 10.0. The van der Waals surface area contributed by atoms with Gasteiger partial charge in [0.2, 0.25) is 0 Å². The summed E-state index contributed by atoms with van der Waals surface area (Å²) in [4.78, 5) is 2.32. The maximum Gasteiger partial charge on any atom is 0.0788 e. The van der Waals surface area contributed by atoms with Crippen LogP contribution in [0.15, 0.2) is 0 Å². The Morgan fingerprint density at radius 3 is 2.22 bits per heavy atom. The predicted molar refractivity (Wildman–Crippen MR) is 72.4 cm³/mol. The number of rotatable bonds is 2. The lowest BCUT2D eigenvalue weighted by molar-refractivity contribution is -0.0784. The molecule has 2 aliphatic rings. The van der Waals surface area contributed by atoms with E-state index < -0.39 is 5.60 Å². The molecule has 2 fully saturated rings. The van der Waals surface area contributed by atoms with Gasteiger partial charge in [-0.1, -0.05) is 0 Å². The van der Waals surface area contributed by atoms with Crippen molar-refractivity contribution in [2.75, 3.05) is 19.6 Å². The lowest BCUT2D eigenvalue weighted by Crippen LogP contribution is -2.48. The van der Waals surface area contributed by atoms with Crippen molar-refractivity contribution in [3.8, 4) is 0 Å². The van der Waals surface area contributed by atoms with E-state index in [9.17, 15) is 5.11 Å². The summed E-state index contributed by atoms with van der Waals surface area (Å²) in [6, 6.07) is 0.0399. The average molecular weight is 256 g/mol. The van der Waals surface area contributed by atoms with Gasteiger partial charge in [0, 0.05) is 31.6 Å². The molecule has 2 aliphatic heterocycles. The van der Waals surface area contributed by atoms with Crippen LogP contribution in [0.25, 0.3) is 0 Å². The Morgan fingerprint density at radius 2 is 1.83 bits per heavy atom. The molecule has 0 aliphatic carbocycles. The number of nitrogens with two attached hydrogens (primary N) is 1. The molecule has 0 spiro atoms. The van der Waals surface area contributed by atoms with Gasteiger partial charge in [-0.2, -0.15) is 0 Å². The molecule has 0 bridgehead atoms. The number of likely N-dealkylation sites (tertiary alicyclic amines) is 1. The number of nitrogens with zero attached hydrogens (tertiary/aromatic N) is 1. The Hall–Kier alpha value is -0.160. The van der Waals surface area contributed by atoms with E-state index in [1.807, 2.05) is 6.92 Å². The van der Waals surface area contributed by atoms with Gasteiger partial charge in [-0.25, -0.2) is 0 Å². The molecule has 3 atom stereocenters. The summed E-state index contributed by atoms with van der Waals surface area (Å²) in [6.07, 6.45) is 0.847. The summed E-state index contributed by atoms with van der Waals surface area (Å²) >= 11 is 0. The first-order valence-electron chi connectivity index (χ1n) is 6.94. The highest BCUT2D eigenvalue weighted by Crippen LogP contribution is 2.42. The number of β-amino-alcohol motifs (C(OH)–C–C–N with tert-alkyl or cyclic N) is 1. The molecule has 106 valence electrons. The predicted octanol–water partition coefficient (Wildman–Crippen LogP) is 0.974. The summed E-state index contributed by atoms with van der Waals surface area (Å²) in [6.45, 7) is 12.9. The van der Waals surface area contributed by atoms with Crippen LogP contribution < -0.4 is 5.73 Å². The first-order chi connectivity index (χ1) is 8.04. The maximum absolute atomic E-state index is 10.0. The van der Waals surface area contributed by atoms with Gasteiger partial charge in [-0.15, -0.1) is 0 Å². The van der Waals surface area contributed by atoms with E-state index in [0.29, 0.717) is 5.92 Å². The minimum absolute atomic E-state index is 0.0399. The largest absolute Gasteiger partial charge is 0.389 e. The van der Waals surface area contributed by atoms with Crippen LogP contribution in [0.4, 0.5) is 0 Å². The zero-order valence-electron chi connectivity index (χ0n) is 12.4. The molecule has 3 unspecified atom stereocenters. The molecule has 4 heteroatoms. The fourth-order valence-electron chi connectivity index (χ4n) is 3.54. The van der Waals surface area contributed by atoms with Crippen LogP contribution in [-0.2, 0) is 4.74 Å². The number of hydrogen-bond donors (Lipinski definition) is 2. The number of aliphatic hydroxyl groups is 1. The van der Waals surface area contributed by atoms with Crippen molar-refractivity contribution in [2.45, 2.75) is 63.9 Å². The second kappa shape index (κ2) is 4.17. The van der Waals surface area contributed by atoms with Crippen LogP contribution >= 0.6 is 0 Å². The van der Waals surface area contributed by atoms with Gasteiger partial charge in [-0.3, -0.25) is 4.90 Å². The minimum Gasteiger partial charge on any atom is -0.389 e. The molecule has 0 aromatic rings. The SMILES string of the molecule is CC1(O)CCN(CC2C(N)C(C)(C)OC2(C)C)C1. The van der Waals surface area contributed by atoms with Crippen molar-refractivity contribution in [1.29, 1.82) is 0 Å². The van der Waals surface area contributed by atoms with Crippen molar-refractivity contribution in [1.82, 2.24) is 4.90 Å². The van der Waals surface area contributed by atoms with Crippen molar-refractivity contribution in [3.63, 3.8) is 0 Å². The standard InChI is InChI=1S/C14H28N2O2/c1-12(2)10(11(15)13(3,4)18-12)8-16-7-6-14(5,17)9-16/h10-11,17H,6-9,15H2,1-5H3. The van der Waals surface area contributed by atoms with Crippen LogP contribution in [0.2, 0.25) is 0 Å². The fraction of sp³-hybridized carbons (Fsp3) is 1.00. The lowest BCUT2D eigenvalue weighted by atomic mass is 9.83. The second-order valence-electron chi connectivity index (χ2n) is 7.42. The van der Waals surface area contributed by atoms with Crippen molar-refractivity contribution in [2.24, 2.45) is 11.7 Å². The number of hydrogen-bond acceptors (Lipinski definition) is 4. The van der Waals surface area contributed by atoms with E-state index in [0.717, 1.165) is 26.1 Å². The highest BCUT2D eigenvalue weighted by molar-refractivity contribution is 5.05. The highest BCUT2D eigenvalue weighted by Gasteiger charge is 2.52. The summed E-state index contributed by atoms with van der Waals surface area (Å²) in [7, 11) is 0. The highest BCUT2D eigenvalue weighted by atomic mass is 16.5. The van der Waals surface area contributed by atoms with E-state index in [1.54, 1.807) is 0 Å². The third-order valence-electron chi connectivity index (χ3n) is 4.64. The third kappa shape index (κ3) is 2.57. The molecule has 4 nitrogen and oxygen atoms in total. The molecule has 0 saturated carbocycles. The van der Waals surface area contributed by atoms with Gasteiger partial charge >= 0.3 is 0 Å². The summed E-state index contributed by atoms with van der Waals surface area (Å²) < 4.78 is 6.11. The van der Waals surface area contributed by atoms with Gasteiger partial charge < -0.3 is 15.6 Å². The quantitative estimate of drug-likeness (QED) is 0.773. The van der Waals surface area contributed by atoms with Gasteiger partial charge in [0.1, 0.15) is 0 Å². The van der Waals surface area contributed by atoms with Gasteiger partial charge in [0.15, 0.2) is 0 Å². The molecule has 2 saturated heterocycles. The van der Waals surface area contributed by atoms with E-state index in [1.165, 1.54) is 0 Å². The first kappa shape index (κ1) is 14.3. The minimum atomic E-state index is -0.538. The van der Waals surface area contributed by atoms with Crippen molar-refractivity contribution in [3.05, 3.63) is 0 Å². The van der Waals surface area contributed by atoms with Gasteiger partial charge in [0.05, 0.1) is 16.8 Å². The zero-order chi connectivity index (χ0) is 13.8. The van der Waals surface area contributed by atoms with Crippen molar-refractivity contribution < 1.29 is 9.84 Å². The zero-order valence-corrected chi connectivity index (χ0v) is 12.4. The first-order valence-corrected chi connectivity index (χ1v) is 6.94. The second-order valence-corrected chi connectivity index (χ2v) is 7.42. The Labute approximate surface area is 110 Å². The molecule has 0 aromatic heterocycles.